The van der Waals surface area contributed by atoms with Gasteiger partial charge in [0.25, 0.3) is 0 Å². The Kier molecular flexibility index (Phi) is 7.57. The van der Waals surface area contributed by atoms with Gasteiger partial charge in [-0.3, -0.25) is 0 Å². The lowest BCUT2D eigenvalue weighted by atomic mass is 9.88. The van der Waals surface area contributed by atoms with Crippen LogP contribution in [0.1, 0.15) is 23.1 Å². The molecule has 0 saturated carbocycles. The van der Waals surface area contributed by atoms with E-state index in [0.29, 0.717) is 0 Å². The molecular weight excluding hydrogens is 395 g/mol. The van der Waals surface area contributed by atoms with Crippen molar-refractivity contribution in [3.8, 4) is 11.5 Å². The Labute approximate surface area is 167 Å². The number of benzene rings is 2. The molecule has 3 N–H and O–H groups in total. The fourth-order valence-corrected chi connectivity index (χ4v) is 3.23. The minimum absolute atomic E-state index is 0. The lowest BCUT2D eigenvalue weighted by molar-refractivity contribution is -0.137. The molecule has 0 aliphatic heterocycles. The van der Waals surface area contributed by atoms with Crippen LogP contribution in [0, 0.1) is 0 Å². The minimum atomic E-state index is -4.43. The van der Waals surface area contributed by atoms with Crippen LogP contribution in [-0.4, -0.2) is 35.5 Å². The Bertz CT molecular complexity index is 786. The molecule has 1 aliphatic rings. The fraction of sp³-hybridized carbons (Fsp3) is 0.400. The van der Waals surface area contributed by atoms with E-state index in [1.54, 1.807) is 12.1 Å². The van der Waals surface area contributed by atoms with Crippen molar-refractivity contribution in [1.29, 1.82) is 0 Å². The van der Waals surface area contributed by atoms with E-state index < -0.39 is 17.8 Å². The fourth-order valence-electron chi connectivity index (χ4n) is 3.23. The van der Waals surface area contributed by atoms with Crippen LogP contribution in [0.25, 0.3) is 0 Å². The van der Waals surface area contributed by atoms with Gasteiger partial charge < -0.3 is 20.3 Å². The van der Waals surface area contributed by atoms with Crippen molar-refractivity contribution in [3.05, 3.63) is 59.2 Å². The summed E-state index contributed by atoms with van der Waals surface area (Å²) in [6.07, 6.45) is -2.70. The zero-order valence-corrected chi connectivity index (χ0v) is 15.9. The summed E-state index contributed by atoms with van der Waals surface area (Å²) in [5, 5.41) is 22.9. The van der Waals surface area contributed by atoms with Crippen molar-refractivity contribution >= 4 is 12.4 Å². The third kappa shape index (κ3) is 6.02. The van der Waals surface area contributed by atoms with E-state index in [4.69, 9.17) is 4.74 Å². The van der Waals surface area contributed by atoms with Crippen LogP contribution in [0.4, 0.5) is 13.2 Å². The third-order valence-electron chi connectivity index (χ3n) is 4.66. The molecule has 2 atom stereocenters. The van der Waals surface area contributed by atoms with Crippen LogP contribution in [0.3, 0.4) is 0 Å². The molecule has 0 bridgehead atoms. The Morgan fingerprint density at radius 2 is 1.93 bits per heavy atom. The van der Waals surface area contributed by atoms with E-state index in [-0.39, 0.29) is 43.1 Å². The first kappa shape index (κ1) is 22.3. The maximum Gasteiger partial charge on any atom is 0.416 e. The van der Waals surface area contributed by atoms with Gasteiger partial charge in [-0.25, -0.2) is 0 Å². The zero-order valence-electron chi connectivity index (χ0n) is 15.1. The molecule has 0 aromatic heterocycles. The second kappa shape index (κ2) is 9.49. The number of nitrogens with one attached hydrogen (secondary N) is 1. The molecule has 28 heavy (non-hydrogen) atoms. The van der Waals surface area contributed by atoms with E-state index in [9.17, 15) is 23.4 Å². The molecule has 8 heteroatoms. The van der Waals surface area contributed by atoms with Gasteiger partial charge >= 0.3 is 6.18 Å². The van der Waals surface area contributed by atoms with Crippen molar-refractivity contribution in [2.75, 3.05) is 13.2 Å². The van der Waals surface area contributed by atoms with Gasteiger partial charge in [0.15, 0.2) is 0 Å². The second-order valence-electron chi connectivity index (χ2n) is 6.79. The number of phenolic OH excluding ortho intramolecular Hbond substituents is 1. The Morgan fingerprint density at radius 3 is 2.68 bits per heavy atom. The quantitative estimate of drug-likeness (QED) is 0.670. The monoisotopic (exact) mass is 417 g/mol. The van der Waals surface area contributed by atoms with Crippen molar-refractivity contribution < 1.29 is 28.1 Å². The van der Waals surface area contributed by atoms with Crippen molar-refractivity contribution in [2.45, 2.75) is 37.6 Å². The maximum atomic E-state index is 12.7. The highest BCUT2D eigenvalue weighted by Gasteiger charge is 2.30. The average molecular weight is 418 g/mol. The highest BCUT2D eigenvalue weighted by atomic mass is 35.5. The first-order valence-corrected chi connectivity index (χ1v) is 8.83. The van der Waals surface area contributed by atoms with Crippen LogP contribution in [0.2, 0.25) is 0 Å². The number of aryl methyl sites for hydroxylation is 1. The summed E-state index contributed by atoms with van der Waals surface area (Å²) < 4.78 is 43.4. The summed E-state index contributed by atoms with van der Waals surface area (Å²) in [6, 6.07) is 10.1. The molecule has 0 heterocycles. The van der Waals surface area contributed by atoms with E-state index in [1.807, 2.05) is 6.07 Å². The highest BCUT2D eigenvalue weighted by molar-refractivity contribution is 5.85. The van der Waals surface area contributed by atoms with Gasteiger partial charge in [-0.15, -0.1) is 12.4 Å². The normalized spacial score (nSPS) is 17.4. The van der Waals surface area contributed by atoms with Crippen molar-refractivity contribution in [3.63, 3.8) is 0 Å². The Balaban J connectivity index is 0.00000280. The number of phenols is 1. The molecule has 0 fully saturated rings. The standard InChI is InChI=1S/C20H22F3NO3.ClH/c21-20(22,23)15-2-1-3-19(10-15)27-12-18(26)11-24-16-6-4-13-5-7-17(25)9-14(13)8-16;/h1-3,5,7,9-10,16,18,24-26H,4,6,8,11-12H2;1H. The average Bonchev–Trinajstić information content (AvgIpc) is 2.64. The number of halogens is 4. The van der Waals surface area contributed by atoms with Gasteiger partial charge in [0.05, 0.1) is 5.56 Å². The summed E-state index contributed by atoms with van der Waals surface area (Å²) in [5.41, 5.74) is 1.53. The maximum absolute atomic E-state index is 12.7. The van der Waals surface area contributed by atoms with Gasteiger partial charge in [0.2, 0.25) is 0 Å². The number of hydrogen-bond donors (Lipinski definition) is 3. The number of alkyl halides is 3. The van der Waals surface area contributed by atoms with Crippen LogP contribution in [0.15, 0.2) is 42.5 Å². The minimum Gasteiger partial charge on any atom is -0.508 e. The molecule has 154 valence electrons. The summed E-state index contributed by atoms with van der Waals surface area (Å²) in [6.45, 7) is 0.177. The smallest absolute Gasteiger partial charge is 0.416 e. The first-order chi connectivity index (χ1) is 12.8. The number of rotatable bonds is 6. The SMILES string of the molecule is Cl.Oc1ccc2c(c1)CC(NCC(O)COc1cccc(C(F)(F)F)c1)CC2. The van der Waals surface area contributed by atoms with Crippen molar-refractivity contribution in [2.24, 2.45) is 0 Å². The first-order valence-electron chi connectivity index (χ1n) is 8.83. The van der Waals surface area contributed by atoms with Gasteiger partial charge in [-0.2, -0.15) is 13.2 Å². The topological polar surface area (TPSA) is 61.7 Å². The lowest BCUT2D eigenvalue weighted by Crippen LogP contribution is -2.40. The van der Waals surface area contributed by atoms with E-state index >= 15 is 0 Å². The van der Waals surface area contributed by atoms with Gasteiger partial charge in [0.1, 0.15) is 24.2 Å². The van der Waals surface area contributed by atoms with Gasteiger partial charge in [-0.1, -0.05) is 12.1 Å². The molecule has 2 aromatic rings. The summed E-state index contributed by atoms with van der Waals surface area (Å²) >= 11 is 0. The van der Waals surface area contributed by atoms with Crippen LogP contribution < -0.4 is 10.1 Å². The Hall–Kier alpha value is -1.96. The summed E-state index contributed by atoms with van der Waals surface area (Å²) in [7, 11) is 0. The van der Waals surface area contributed by atoms with Crippen LogP contribution in [-0.2, 0) is 19.0 Å². The molecule has 3 rings (SSSR count). The number of ether oxygens (including phenoxy) is 1. The molecule has 1 aliphatic carbocycles. The molecular formula is C20H23ClF3NO3. The van der Waals surface area contributed by atoms with Gasteiger partial charge in [0, 0.05) is 12.6 Å². The largest absolute Gasteiger partial charge is 0.508 e. The Morgan fingerprint density at radius 1 is 1.14 bits per heavy atom. The van der Waals surface area contributed by atoms with E-state index in [2.05, 4.69) is 5.32 Å². The third-order valence-corrected chi connectivity index (χ3v) is 4.66. The molecule has 0 spiro atoms. The molecule has 0 radical (unpaired) electrons. The van der Waals surface area contributed by atoms with Gasteiger partial charge in [-0.05, 0) is 60.7 Å². The van der Waals surface area contributed by atoms with E-state index in [0.717, 1.165) is 37.0 Å². The summed E-state index contributed by atoms with van der Waals surface area (Å²) in [5.74, 6) is 0.315. The number of aromatic hydroxyl groups is 1. The highest BCUT2D eigenvalue weighted by Crippen LogP contribution is 2.31. The number of aliphatic hydroxyl groups excluding tert-OH is 1. The molecule has 0 saturated heterocycles. The zero-order chi connectivity index (χ0) is 19.4. The van der Waals surface area contributed by atoms with E-state index in [1.165, 1.54) is 17.7 Å². The number of hydrogen-bond acceptors (Lipinski definition) is 4. The molecule has 2 unspecified atom stereocenters. The summed E-state index contributed by atoms with van der Waals surface area (Å²) in [4.78, 5) is 0. The van der Waals surface area contributed by atoms with Crippen LogP contribution in [0.5, 0.6) is 11.5 Å². The van der Waals surface area contributed by atoms with Crippen molar-refractivity contribution in [1.82, 2.24) is 5.32 Å². The van der Waals surface area contributed by atoms with Crippen LogP contribution >= 0.6 is 12.4 Å². The second-order valence-corrected chi connectivity index (χ2v) is 6.79. The molecule has 0 amide bonds. The predicted octanol–water partition coefficient (Wildman–Crippen LogP) is 3.72. The number of aliphatic hydroxyl groups is 1. The number of fused-ring (bicyclic) bond motifs is 1. The lowest BCUT2D eigenvalue weighted by Gasteiger charge is -2.26. The molecule has 2 aromatic carbocycles. The molecule has 4 nitrogen and oxygen atoms in total. The predicted molar refractivity (Wildman–Crippen MR) is 102 cm³/mol.